The van der Waals surface area contributed by atoms with Gasteiger partial charge in [0.25, 0.3) is 0 Å². The smallest absolute Gasteiger partial charge is 0.323 e. The highest BCUT2D eigenvalue weighted by Crippen LogP contribution is 2.49. The third kappa shape index (κ3) is 3.92. The van der Waals surface area contributed by atoms with E-state index < -0.39 is 5.92 Å². The molecule has 3 heteroatoms. The van der Waals surface area contributed by atoms with Crippen molar-refractivity contribution in [3.05, 3.63) is 89.0 Å². The Balaban J connectivity index is 1.92. The molecule has 0 N–H and O–H groups in total. The molecule has 3 nitrogen and oxygen atoms in total. The van der Waals surface area contributed by atoms with Gasteiger partial charge in [0.05, 0.1) is 0 Å². The van der Waals surface area contributed by atoms with Crippen molar-refractivity contribution < 1.29 is 9.53 Å². The summed E-state index contributed by atoms with van der Waals surface area (Å²) in [5.74, 6) is 0.0823. The molecule has 0 fully saturated rings. The zero-order valence-corrected chi connectivity index (χ0v) is 20.2. The molecule has 0 aliphatic carbocycles. The maximum absolute atomic E-state index is 13.3. The molecule has 1 aliphatic rings. The van der Waals surface area contributed by atoms with E-state index in [1.165, 1.54) is 5.56 Å². The summed E-state index contributed by atoms with van der Waals surface area (Å²) >= 11 is 0. The highest BCUT2D eigenvalue weighted by Gasteiger charge is 2.40. The van der Waals surface area contributed by atoms with Crippen molar-refractivity contribution >= 4 is 17.3 Å². The molecule has 4 rings (SSSR count). The minimum absolute atomic E-state index is 0.0361. The van der Waals surface area contributed by atoms with E-state index in [2.05, 4.69) is 82.8 Å². The first-order valence-corrected chi connectivity index (χ1v) is 11.3. The van der Waals surface area contributed by atoms with E-state index in [-0.39, 0.29) is 16.8 Å². The van der Waals surface area contributed by atoms with Crippen molar-refractivity contribution in [1.29, 1.82) is 0 Å². The maximum Gasteiger partial charge on any atom is 0.323 e. The second-order valence-electron chi connectivity index (χ2n) is 10.7. The second-order valence-corrected chi connectivity index (χ2v) is 10.7. The average Bonchev–Trinajstić information content (AvgIpc) is 3.07. The average molecular weight is 428 g/mol. The molecule has 32 heavy (non-hydrogen) atoms. The van der Waals surface area contributed by atoms with Gasteiger partial charge < -0.3 is 9.64 Å². The fourth-order valence-electron chi connectivity index (χ4n) is 4.38. The lowest BCUT2D eigenvalue weighted by atomic mass is 9.77. The van der Waals surface area contributed by atoms with Crippen molar-refractivity contribution in [2.75, 3.05) is 11.9 Å². The van der Waals surface area contributed by atoms with Crippen LogP contribution in [-0.4, -0.2) is 13.0 Å². The van der Waals surface area contributed by atoms with E-state index in [4.69, 9.17) is 4.74 Å². The fraction of sp³-hybridized carbons (Fsp3) is 0.345. The molecule has 1 aliphatic heterocycles. The zero-order valence-electron chi connectivity index (χ0n) is 20.2. The molecular weight excluding hydrogens is 394 g/mol. The standard InChI is InChI=1S/C29H33NO2/c1-28(2,3)19-17-22-25(27(31)32-26(22)23(18-19)29(4,5)6)21-15-11-12-16-24(21)30(7)20-13-9-8-10-14-20/h8-18,25H,1-7H3. The van der Waals surface area contributed by atoms with Gasteiger partial charge >= 0.3 is 5.97 Å². The summed E-state index contributed by atoms with van der Waals surface area (Å²) in [6.45, 7) is 13.2. The summed E-state index contributed by atoms with van der Waals surface area (Å²) in [6.07, 6.45) is 0. The van der Waals surface area contributed by atoms with Crippen LogP contribution in [0, 0.1) is 0 Å². The predicted molar refractivity (Wildman–Crippen MR) is 132 cm³/mol. The second kappa shape index (κ2) is 7.81. The van der Waals surface area contributed by atoms with E-state index in [0.29, 0.717) is 0 Å². The quantitative estimate of drug-likeness (QED) is 0.330. The van der Waals surface area contributed by atoms with Gasteiger partial charge in [-0.25, -0.2) is 0 Å². The van der Waals surface area contributed by atoms with E-state index in [0.717, 1.165) is 33.8 Å². The van der Waals surface area contributed by atoms with E-state index in [1.807, 2.05) is 37.4 Å². The number of carbonyl (C=O) groups excluding carboxylic acids is 1. The van der Waals surface area contributed by atoms with Crippen molar-refractivity contribution in [2.45, 2.75) is 58.3 Å². The predicted octanol–water partition coefficient (Wildman–Crippen LogP) is 7.10. The molecule has 0 bridgehead atoms. The van der Waals surface area contributed by atoms with Crippen LogP contribution in [0.4, 0.5) is 11.4 Å². The number of hydrogen-bond donors (Lipinski definition) is 0. The third-order valence-electron chi connectivity index (χ3n) is 6.29. The fourth-order valence-corrected chi connectivity index (χ4v) is 4.38. The van der Waals surface area contributed by atoms with Gasteiger partial charge in [-0.1, -0.05) is 90.1 Å². The van der Waals surface area contributed by atoms with Crippen LogP contribution < -0.4 is 9.64 Å². The van der Waals surface area contributed by atoms with Gasteiger partial charge in [0.15, 0.2) is 0 Å². The van der Waals surface area contributed by atoms with Crippen molar-refractivity contribution in [3.63, 3.8) is 0 Å². The molecule has 3 aromatic carbocycles. The lowest BCUT2D eigenvalue weighted by Crippen LogP contribution is -2.18. The van der Waals surface area contributed by atoms with Crippen LogP contribution in [0.3, 0.4) is 0 Å². The van der Waals surface area contributed by atoms with Gasteiger partial charge in [-0.15, -0.1) is 0 Å². The molecule has 3 aromatic rings. The van der Waals surface area contributed by atoms with E-state index in [1.54, 1.807) is 0 Å². The molecule has 0 aromatic heterocycles. The van der Waals surface area contributed by atoms with Crippen molar-refractivity contribution in [3.8, 4) is 5.75 Å². The van der Waals surface area contributed by atoms with Crippen molar-refractivity contribution in [1.82, 2.24) is 0 Å². The van der Waals surface area contributed by atoms with Gasteiger partial charge in [-0.05, 0) is 40.2 Å². The molecule has 166 valence electrons. The molecule has 0 radical (unpaired) electrons. The summed E-state index contributed by atoms with van der Waals surface area (Å²) in [7, 11) is 2.04. The molecule has 0 spiro atoms. The summed E-state index contributed by atoms with van der Waals surface area (Å²) in [5.41, 5.74) is 6.15. The number of fused-ring (bicyclic) bond motifs is 1. The number of rotatable bonds is 3. The molecule has 1 unspecified atom stereocenters. The molecule has 0 saturated heterocycles. The molecule has 0 amide bonds. The minimum atomic E-state index is -0.448. The van der Waals surface area contributed by atoms with Gasteiger partial charge in [-0.2, -0.15) is 0 Å². The van der Waals surface area contributed by atoms with Gasteiger partial charge in [0, 0.05) is 29.5 Å². The maximum atomic E-state index is 13.3. The number of ether oxygens (including phenoxy) is 1. The van der Waals surface area contributed by atoms with Gasteiger partial charge in [-0.3, -0.25) is 4.79 Å². The Morgan fingerprint density at radius 2 is 1.41 bits per heavy atom. The van der Waals surface area contributed by atoms with Crippen LogP contribution >= 0.6 is 0 Å². The Labute approximate surface area is 192 Å². The summed E-state index contributed by atoms with van der Waals surface area (Å²) in [5, 5.41) is 0. The van der Waals surface area contributed by atoms with Crippen LogP contribution in [0.15, 0.2) is 66.7 Å². The van der Waals surface area contributed by atoms with Gasteiger partial charge in [0.2, 0.25) is 0 Å². The van der Waals surface area contributed by atoms with E-state index >= 15 is 0 Å². The molecule has 1 atom stereocenters. The number of carbonyl (C=O) groups is 1. The minimum Gasteiger partial charge on any atom is -0.425 e. The normalized spacial score (nSPS) is 16.0. The van der Waals surface area contributed by atoms with Crippen LogP contribution in [-0.2, 0) is 15.6 Å². The largest absolute Gasteiger partial charge is 0.425 e. The van der Waals surface area contributed by atoms with Crippen LogP contribution in [0.1, 0.15) is 69.7 Å². The van der Waals surface area contributed by atoms with Crippen LogP contribution in [0.25, 0.3) is 0 Å². The number of esters is 1. The lowest BCUT2D eigenvalue weighted by molar-refractivity contribution is -0.133. The van der Waals surface area contributed by atoms with Crippen LogP contribution in [0.2, 0.25) is 0 Å². The Hall–Kier alpha value is -3.07. The zero-order chi connectivity index (χ0) is 23.3. The number of para-hydroxylation sites is 2. The molecular formula is C29H33NO2. The summed E-state index contributed by atoms with van der Waals surface area (Å²) in [6, 6.07) is 22.8. The molecule has 1 heterocycles. The highest BCUT2D eigenvalue weighted by molar-refractivity contribution is 5.92. The first-order valence-electron chi connectivity index (χ1n) is 11.3. The monoisotopic (exact) mass is 427 g/mol. The highest BCUT2D eigenvalue weighted by atomic mass is 16.5. The SMILES string of the molecule is CN(c1ccccc1)c1ccccc1C1C(=O)Oc2c1cc(C(C)(C)C)cc2C(C)(C)C. The Kier molecular flexibility index (Phi) is 5.40. The van der Waals surface area contributed by atoms with E-state index in [9.17, 15) is 4.79 Å². The van der Waals surface area contributed by atoms with Crippen LogP contribution in [0.5, 0.6) is 5.75 Å². The Morgan fingerprint density at radius 3 is 2.03 bits per heavy atom. The first kappa shape index (κ1) is 22.1. The first-order chi connectivity index (χ1) is 15.0. The van der Waals surface area contributed by atoms with Gasteiger partial charge in [0.1, 0.15) is 11.7 Å². The van der Waals surface area contributed by atoms with Crippen molar-refractivity contribution in [2.24, 2.45) is 0 Å². The number of hydrogen-bond acceptors (Lipinski definition) is 3. The topological polar surface area (TPSA) is 29.5 Å². The number of benzene rings is 3. The number of nitrogens with zero attached hydrogens (tertiary/aromatic N) is 1. The summed E-state index contributed by atoms with van der Waals surface area (Å²) in [4.78, 5) is 15.5. The Morgan fingerprint density at radius 1 is 0.781 bits per heavy atom. The lowest BCUT2D eigenvalue weighted by Gasteiger charge is -2.27. The summed E-state index contributed by atoms with van der Waals surface area (Å²) < 4.78 is 5.98. The Bertz CT molecular complexity index is 1150. The third-order valence-corrected chi connectivity index (χ3v) is 6.29. The number of anilines is 2. The molecule has 0 saturated carbocycles.